The lowest BCUT2D eigenvalue weighted by Crippen LogP contribution is -2.84. The molecule has 0 bridgehead atoms. The second kappa shape index (κ2) is 3.91. The number of allylic oxidation sites excluding steroid dienone is 1. The number of quaternary nitrogens is 1. The van der Waals surface area contributed by atoms with Gasteiger partial charge < -0.3 is 5.32 Å². The minimum absolute atomic E-state index is 0.673. The van der Waals surface area contributed by atoms with Crippen molar-refractivity contribution in [2.24, 2.45) is 5.92 Å². The third-order valence-corrected chi connectivity index (χ3v) is 2.77. The van der Waals surface area contributed by atoms with Gasteiger partial charge in [0.1, 0.15) is 0 Å². The van der Waals surface area contributed by atoms with Crippen LogP contribution < -0.4 is 5.32 Å². The van der Waals surface area contributed by atoms with Gasteiger partial charge in [-0.1, -0.05) is 12.2 Å². The van der Waals surface area contributed by atoms with E-state index in [0.717, 1.165) is 5.92 Å². The highest BCUT2D eigenvalue weighted by atomic mass is 14.9. The molecule has 2 N–H and O–H groups in total. The van der Waals surface area contributed by atoms with E-state index >= 15 is 0 Å². The van der Waals surface area contributed by atoms with Crippen LogP contribution in [0.15, 0.2) is 12.2 Å². The molecule has 2 unspecified atom stereocenters. The standard InChI is InChI=1S/C10H19N/c1-8-5-4-6-10(7-8)9(2)11-3/h9-10H,1,3-7,11H2,2H3. The van der Waals surface area contributed by atoms with Gasteiger partial charge in [-0.25, -0.2) is 0 Å². The minimum atomic E-state index is 0.673. The maximum absolute atomic E-state index is 4.05. The zero-order valence-electron chi connectivity index (χ0n) is 7.47. The summed E-state index contributed by atoms with van der Waals surface area (Å²) in [5.74, 6) is 0.828. The Morgan fingerprint density at radius 1 is 1.73 bits per heavy atom. The van der Waals surface area contributed by atoms with Gasteiger partial charge in [0.2, 0.25) is 0 Å². The Labute approximate surface area is 69.9 Å². The molecule has 2 atom stereocenters. The van der Waals surface area contributed by atoms with Gasteiger partial charge in [0, 0.05) is 5.92 Å². The summed E-state index contributed by atoms with van der Waals surface area (Å²) < 4.78 is 0. The third kappa shape index (κ3) is 2.33. The zero-order chi connectivity index (χ0) is 8.27. The van der Waals surface area contributed by atoms with Crippen molar-refractivity contribution >= 4 is 0 Å². The Morgan fingerprint density at radius 2 is 2.45 bits per heavy atom. The first-order valence-electron chi connectivity index (χ1n) is 4.53. The molecule has 0 amide bonds. The summed E-state index contributed by atoms with van der Waals surface area (Å²) in [5.41, 5.74) is 1.44. The fraction of sp³-hybridized carbons (Fsp3) is 0.700. The summed E-state index contributed by atoms with van der Waals surface area (Å²) in [6.07, 6.45) is 5.18. The van der Waals surface area contributed by atoms with Crippen LogP contribution in [-0.4, -0.2) is 6.04 Å². The van der Waals surface area contributed by atoms with Crippen LogP contribution in [-0.2, 0) is 0 Å². The van der Waals surface area contributed by atoms with Gasteiger partial charge in [0.15, 0.2) is 0 Å². The average Bonchev–Trinajstić information content (AvgIpc) is 2.03. The van der Waals surface area contributed by atoms with Gasteiger partial charge >= 0.3 is 0 Å². The quantitative estimate of drug-likeness (QED) is 0.457. The van der Waals surface area contributed by atoms with Crippen LogP contribution in [0.4, 0.5) is 0 Å². The molecule has 64 valence electrons. The average molecular weight is 153 g/mol. The van der Waals surface area contributed by atoms with E-state index < -0.39 is 0 Å². The summed E-state index contributed by atoms with van der Waals surface area (Å²) in [6.45, 7) is 6.31. The largest absolute Gasteiger partial charge is 0.476 e. The number of nitrogens with two attached hydrogens (primary N) is 1. The number of rotatable bonds is 2. The Bertz CT molecular complexity index is 140. The molecule has 0 aromatic carbocycles. The van der Waals surface area contributed by atoms with Crippen molar-refractivity contribution in [3.63, 3.8) is 0 Å². The number of hydrogen-bond donors (Lipinski definition) is 1. The van der Waals surface area contributed by atoms with E-state index in [0.29, 0.717) is 6.04 Å². The highest BCUT2D eigenvalue weighted by Crippen LogP contribution is 2.28. The summed E-state index contributed by atoms with van der Waals surface area (Å²) in [7, 11) is 3.83. The molecule has 0 spiro atoms. The molecule has 11 heavy (non-hydrogen) atoms. The molecule has 0 saturated heterocycles. The molecule has 1 aliphatic carbocycles. The van der Waals surface area contributed by atoms with Crippen LogP contribution in [0.1, 0.15) is 32.6 Å². The van der Waals surface area contributed by atoms with Gasteiger partial charge in [-0.05, 0) is 32.6 Å². The first kappa shape index (κ1) is 8.79. The van der Waals surface area contributed by atoms with Crippen molar-refractivity contribution in [1.29, 1.82) is 0 Å². The summed E-state index contributed by atoms with van der Waals surface area (Å²) in [6, 6.07) is 0.673. The van der Waals surface area contributed by atoms with Crippen LogP contribution in [0.25, 0.3) is 0 Å². The molecule has 0 heterocycles. The highest BCUT2D eigenvalue weighted by Gasteiger charge is 2.21. The summed E-state index contributed by atoms with van der Waals surface area (Å²) in [4.78, 5) is 0. The van der Waals surface area contributed by atoms with Crippen LogP contribution in [0.5, 0.6) is 0 Å². The van der Waals surface area contributed by atoms with E-state index in [9.17, 15) is 0 Å². The van der Waals surface area contributed by atoms with Crippen molar-refractivity contribution in [3.05, 3.63) is 19.2 Å². The monoisotopic (exact) mass is 153 g/mol. The van der Waals surface area contributed by atoms with Gasteiger partial charge in [-0.2, -0.15) is 7.05 Å². The molecule has 1 aliphatic rings. The lowest BCUT2D eigenvalue weighted by atomic mass is 9.82. The normalized spacial score (nSPS) is 28.5. The van der Waals surface area contributed by atoms with Crippen molar-refractivity contribution < 1.29 is 5.32 Å². The molecule has 1 heteroatoms. The van der Waals surface area contributed by atoms with E-state index in [-0.39, 0.29) is 0 Å². The van der Waals surface area contributed by atoms with Gasteiger partial charge in [0.25, 0.3) is 0 Å². The van der Waals surface area contributed by atoms with Crippen LogP contribution in [0.3, 0.4) is 0 Å². The minimum Gasteiger partial charge on any atom is -0.476 e. The van der Waals surface area contributed by atoms with E-state index in [4.69, 9.17) is 0 Å². The number of hydrogen-bond acceptors (Lipinski definition) is 0. The summed E-state index contributed by atoms with van der Waals surface area (Å²) in [5, 5.41) is 2.07. The summed E-state index contributed by atoms with van der Waals surface area (Å²) >= 11 is 0. The maximum atomic E-state index is 4.05. The first-order valence-corrected chi connectivity index (χ1v) is 4.53. The molecule has 0 aliphatic heterocycles. The Kier molecular flexibility index (Phi) is 3.13. The van der Waals surface area contributed by atoms with E-state index in [2.05, 4.69) is 25.9 Å². The Balaban J connectivity index is 2.39. The fourth-order valence-corrected chi connectivity index (χ4v) is 1.83. The van der Waals surface area contributed by atoms with Crippen LogP contribution in [0, 0.1) is 13.0 Å². The van der Waals surface area contributed by atoms with E-state index in [1.54, 1.807) is 0 Å². The fourth-order valence-electron chi connectivity index (χ4n) is 1.83. The predicted molar refractivity (Wildman–Crippen MR) is 47.8 cm³/mol. The lowest BCUT2D eigenvalue weighted by Gasteiger charge is -2.28. The first-order chi connectivity index (χ1) is 5.24. The molecule has 0 radical (unpaired) electrons. The Hall–Kier alpha value is -0.300. The molecular formula is C10H19N. The molecule has 1 fully saturated rings. The van der Waals surface area contributed by atoms with E-state index in [1.807, 2.05) is 0 Å². The second-order valence-corrected chi connectivity index (χ2v) is 3.70. The van der Waals surface area contributed by atoms with Crippen LogP contribution >= 0.6 is 0 Å². The van der Waals surface area contributed by atoms with Crippen LogP contribution in [0.2, 0.25) is 0 Å². The second-order valence-electron chi connectivity index (χ2n) is 3.70. The highest BCUT2D eigenvalue weighted by molar-refractivity contribution is 4.99. The smallest absolute Gasteiger partial charge is 0.0623 e. The third-order valence-electron chi connectivity index (χ3n) is 2.77. The van der Waals surface area contributed by atoms with Gasteiger partial charge in [-0.3, -0.25) is 0 Å². The zero-order valence-corrected chi connectivity index (χ0v) is 7.47. The topological polar surface area (TPSA) is 16.6 Å². The molecule has 1 nitrogen and oxygen atoms in total. The maximum Gasteiger partial charge on any atom is 0.0623 e. The molecule has 0 aromatic heterocycles. The van der Waals surface area contributed by atoms with Gasteiger partial charge in [-0.15, -0.1) is 0 Å². The van der Waals surface area contributed by atoms with E-state index in [1.165, 1.54) is 31.3 Å². The SMILES string of the molecule is C=C1CCCC(C(C)[NH2+][CH2-])C1. The van der Waals surface area contributed by atoms with Crippen molar-refractivity contribution in [2.75, 3.05) is 0 Å². The van der Waals surface area contributed by atoms with Gasteiger partial charge in [0.05, 0.1) is 6.04 Å². The molecular weight excluding hydrogens is 134 g/mol. The predicted octanol–water partition coefficient (Wildman–Crippen LogP) is 1.48. The van der Waals surface area contributed by atoms with Crippen molar-refractivity contribution in [2.45, 2.75) is 38.6 Å². The Morgan fingerprint density at radius 3 is 3.00 bits per heavy atom. The molecule has 1 saturated carbocycles. The van der Waals surface area contributed by atoms with Crippen molar-refractivity contribution in [3.8, 4) is 0 Å². The molecule has 0 aromatic rings. The van der Waals surface area contributed by atoms with Crippen molar-refractivity contribution in [1.82, 2.24) is 0 Å². The lowest BCUT2D eigenvalue weighted by molar-refractivity contribution is -0.638. The molecule has 1 rings (SSSR count).